The molecule has 0 aromatic heterocycles. The van der Waals surface area contributed by atoms with E-state index in [1.165, 1.54) is 0 Å². The second-order valence-corrected chi connectivity index (χ2v) is 3.97. The molecule has 0 bridgehead atoms. The van der Waals surface area contributed by atoms with Crippen LogP contribution in [0.1, 0.15) is 6.42 Å². The molecule has 0 radical (unpaired) electrons. The molecular formula is C12H17NO2. The fraction of sp³-hybridized carbons (Fsp3) is 0.500. The van der Waals surface area contributed by atoms with Crippen LogP contribution in [0, 0.1) is 0 Å². The fourth-order valence-corrected chi connectivity index (χ4v) is 1.86. The lowest BCUT2D eigenvalue weighted by atomic mass is 10.3. The van der Waals surface area contributed by atoms with Crippen molar-refractivity contribution in [2.75, 3.05) is 27.2 Å². The second-order valence-electron chi connectivity index (χ2n) is 3.97. The third-order valence-corrected chi connectivity index (χ3v) is 2.69. The smallest absolute Gasteiger partial charge is 0.123 e. The summed E-state index contributed by atoms with van der Waals surface area (Å²) >= 11 is 0. The van der Waals surface area contributed by atoms with Gasteiger partial charge < -0.3 is 14.4 Å². The van der Waals surface area contributed by atoms with Crippen LogP contribution in [0.5, 0.6) is 11.5 Å². The monoisotopic (exact) mass is 207 g/mol. The first-order chi connectivity index (χ1) is 7.28. The SMILES string of the molecule is COc1cccc(OC2CCN(C)C2)c1. The quantitative estimate of drug-likeness (QED) is 0.754. The molecule has 1 aromatic rings. The Morgan fingerprint density at radius 1 is 1.33 bits per heavy atom. The summed E-state index contributed by atoms with van der Waals surface area (Å²) in [5.74, 6) is 1.74. The van der Waals surface area contributed by atoms with Crippen molar-refractivity contribution in [1.82, 2.24) is 4.90 Å². The Kier molecular flexibility index (Phi) is 3.11. The van der Waals surface area contributed by atoms with Crippen molar-refractivity contribution in [3.63, 3.8) is 0 Å². The number of nitrogens with zero attached hydrogens (tertiary/aromatic N) is 1. The van der Waals surface area contributed by atoms with Crippen molar-refractivity contribution in [3.8, 4) is 11.5 Å². The number of hydrogen-bond acceptors (Lipinski definition) is 3. The van der Waals surface area contributed by atoms with Crippen molar-refractivity contribution in [1.29, 1.82) is 0 Å². The topological polar surface area (TPSA) is 21.7 Å². The summed E-state index contributed by atoms with van der Waals surface area (Å²) < 4.78 is 11.0. The number of ether oxygens (including phenoxy) is 2. The van der Waals surface area contributed by atoms with Crippen molar-refractivity contribution in [3.05, 3.63) is 24.3 Å². The van der Waals surface area contributed by atoms with Crippen LogP contribution in [0.2, 0.25) is 0 Å². The van der Waals surface area contributed by atoms with Gasteiger partial charge in [-0.1, -0.05) is 6.07 Å². The normalized spacial score (nSPS) is 21.6. The van der Waals surface area contributed by atoms with E-state index in [0.717, 1.165) is 31.0 Å². The molecule has 3 nitrogen and oxygen atoms in total. The van der Waals surface area contributed by atoms with Crippen LogP contribution in [-0.4, -0.2) is 38.3 Å². The number of likely N-dealkylation sites (N-methyl/N-ethyl adjacent to an activating group) is 1. The summed E-state index contributed by atoms with van der Waals surface area (Å²) in [4.78, 5) is 2.28. The maximum absolute atomic E-state index is 5.87. The number of rotatable bonds is 3. The van der Waals surface area contributed by atoms with E-state index in [1.54, 1.807) is 7.11 Å². The molecule has 1 aromatic carbocycles. The van der Waals surface area contributed by atoms with Crippen LogP contribution >= 0.6 is 0 Å². The number of likely N-dealkylation sites (tertiary alicyclic amines) is 1. The van der Waals surface area contributed by atoms with Gasteiger partial charge in [-0.3, -0.25) is 0 Å². The standard InChI is InChI=1S/C12H17NO2/c1-13-7-6-12(9-13)15-11-5-3-4-10(8-11)14-2/h3-5,8,12H,6-7,9H2,1-2H3. The second kappa shape index (κ2) is 4.53. The average molecular weight is 207 g/mol. The minimum Gasteiger partial charge on any atom is -0.497 e. The number of benzene rings is 1. The van der Waals surface area contributed by atoms with Gasteiger partial charge in [-0.05, 0) is 25.6 Å². The predicted molar refractivity (Wildman–Crippen MR) is 59.5 cm³/mol. The lowest BCUT2D eigenvalue weighted by Gasteiger charge is -2.14. The Morgan fingerprint density at radius 2 is 2.13 bits per heavy atom. The summed E-state index contributed by atoms with van der Waals surface area (Å²) in [7, 11) is 3.79. The van der Waals surface area contributed by atoms with Gasteiger partial charge in [-0.2, -0.15) is 0 Å². The molecule has 0 N–H and O–H groups in total. The van der Waals surface area contributed by atoms with Gasteiger partial charge in [0.1, 0.15) is 17.6 Å². The largest absolute Gasteiger partial charge is 0.497 e. The lowest BCUT2D eigenvalue weighted by Crippen LogP contribution is -2.21. The molecule has 1 fully saturated rings. The molecule has 15 heavy (non-hydrogen) atoms. The highest BCUT2D eigenvalue weighted by Crippen LogP contribution is 2.22. The lowest BCUT2D eigenvalue weighted by molar-refractivity contribution is 0.207. The third-order valence-electron chi connectivity index (χ3n) is 2.69. The summed E-state index contributed by atoms with van der Waals surface area (Å²) in [5, 5.41) is 0. The Labute approximate surface area is 90.6 Å². The first kappa shape index (κ1) is 10.3. The van der Waals surface area contributed by atoms with E-state index in [4.69, 9.17) is 9.47 Å². The summed E-state index contributed by atoms with van der Waals surface area (Å²) in [6, 6.07) is 7.78. The molecule has 2 rings (SSSR count). The number of hydrogen-bond donors (Lipinski definition) is 0. The maximum Gasteiger partial charge on any atom is 0.123 e. The molecule has 3 heteroatoms. The van der Waals surface area contributed by atoms with Crippen molar-refractivity contribution in [2.24, 2.45) is 0 Å². The van der Waals surface area contributed by atoms with E-state index >= 15 is 0 Å². The van der Waals surface area contributed by atoms with Crippen LogP contribution in [0.3, 0.4) is 0 Å². The Balaban J connectivity index is 1.98. The van der Waals surface area contributed by atoms with Crippen LogP contribution in [-0.2, 0) is 0 Å². The van der Waals surface area contributed by atoms with Gasteiger partial charge >= 0.3 is 0 Å². The Morgan fingerprint density at radius 3 is 2.80 bits per heavy atom. The maximum atomic E-state index is 5.87. The van der Waals surface area contributed by atoms with E-state index in [0.29, 0.717) is 6.10 Å². The predicted octanol–water partition coefficient (Wildman–Crippen LogP) is 1.78. The molecule has 0 aliphatic carbocycles. The van der Waals surface area contributed by atoms with E-state index in [2.05, 4.69) is 11.9 Å². The zero-order valence-electron chi connectivity index (χ0n) is 9.27. The highest BCUT2D eigenvalue weighted by Gasteiger charge is 2.20. The Hall–Kier alpha value is -1.22. The summed E-state index contributed by atoms with van der Waals surface area (Å²) in [6.45, 7) is 2.13. The summed E-state index contributed by atoms with van der Waals surface area (Å²) in [5.41, 5.74) is 0. The van der Waals surface area contributed by atoms with Gasteiger partial charge in [0.2, 0.25) is 0 Å². The molecule has 1 aliphatic heterocycles. The van der Waals surface area contributed by atoms with Gasteiger partial charge in [0.15, 0.2) is 0 Å². The molecule has 0 amide bonds. The molecule has 1 atom stereocenters. The number of methoxy groups -OCH3 is 1. The minimum absolute atomic E-state index is 0.321. The molecule has 82 valence electrons. The van der Waals surface area contributed by atoms with Crippen LogP contribution in [0.4, 0.5) is 0 Å². The first-order valence-electron chi connectivity index (χ1n) is 5.27. The van der Waals surface area contributed by atoms with Gasteiger partial charge in [-0.15, -0.1) is 0 Å². The van der Waals surface area contributed by atoms with Crippen LogP contribution in [0.15, 0.2) is 24.3 Å². The van der Waals surface area contributed by atoms with Gasteiger partial charge in [0.25, 0.3) is 0 Å². The van der Waals surface area contributed by atoms with E-state index in [1.807, 2.05) is 24.3 Å². The summed E-state index contributed by atoms with van der Waals surface area (Å²) in [6.07, 6.45) is 1.43. The van der Waals surface area contributed by atoms with Gasteiger partial charge in [-0.25, -0.2) is 0 Å². The fourth-order valence-electron chi connectivity index (χ4n) is 1.86. The average Bonchev–Trinajstić information content (AvgIpc) is 2.64. The van der Waals surface area contributed by atoms with Gasteiger partial charge in [0, 0.05) is 19.2 Å². The van der Waals surface area contributed by atoms with Crippen LogP contribution in [0.25, 0.3) is 0 Å². The molecule has 1 unspecified atom stereocenters. The van der Waals surface area contributed by atoms with Crippen molar-refractivity contribution in [2.45, 2.75) is 12.5 Å². The zero-order valence-corrected chi connectivity index (χ0v) is 9.27. The third kappa shape index (κ3) is 2.63. The molecule has 0 spiro atoms. The van der Waals surface area contributed by atoms with E-state index in [-0.39, 0.29) is 0 Å². The van der Waals surface area contributed by atoms with Crippen LogP contribution < -0.4 is 9.47 Å². The van der Waals surface area contributed by atoms with Crippen molar-refractivity contribution < 1.29 is 9.47 Å². The highest BCUT2D eigenvalue weighted by atomic mass is 16.5. The molecule has 0 saturated carbocycles. The van der Waals surface area contributed by atoms with E-state index in [9.17, 15) is 0 Å². The molecule has 1 saturated heterocycles. The van der Waals surface area contributed by atoms with Gasteiger partial charge in [0.05, 0.1) is 7.11 Å². The molecule has 1 aliphatic rings. The highest BCUT2D eigenvalue weighted by molar-refractivity contribution is 5.33. The molecular weight excluding hydrogens is 190 g/mol. The zero-order chi connectivity index (χ0) is 10.7. The molecule has 1 heterocycles. The van der Waals surface area contributed by atoms with Crippen molar-refractivity contribution >= 4 is 0 Å². The first-order valence-corrected chi connectivity index (χ1v) is 5.27. The van der Waals surface area contributed by atoms with E-state index < -0.39 is 0 Å². The Bertz CT molecular complexity index is 327. The minimum atomic E-state index is 0.321.